The second kappa shape index (κ2) is 5.32. The van der Waals surface area contributed by atoms with Gasteiger partial charge in [0.2, 0.25) is 15.9 Å². The third kappa shape index (κ3) is 3.17. The van der Waals surface area contributed by atoms with Crippen LogP contribution in [0.5, 0.6) is 0 Å². The lowest BCUT2D eigenvalue weighted by atomic mass is 10.4. The van der Waals surface area contributed by atoms with Crippen LogP contribution in [0.2, 0.25) is 0 Å². The lowest BCUT2D eigenvalue weighted by Gasteiger charge is -2.17. The van der Waals surface area contributed by atoms with Gasteiger partial charge in [-0.05, 0) is 25.8 Å². The van der Waals surface area contributed by atoms with Crippen LogP contribution in [-0.2, 0) is 14.8 Å². The molecule has 0 radical (unpaired) electrons. The maximum atomic E-state index is 11.8. The molecule has 2 heterocycles. The summed E-state index contributed by atoms with van der Waals surface area (Å²) in [5.41, 5.74) is 0. The zero-order valence-corrected chi connectivity index (χ0v) is 10.6. The summed E-state index contributed by atoms with van der Waals surface area (Å²) in [4.78, 5) is 13.4. The second-order valence-corrected chi connectivity index (χ2v) is 6.61. The van der Waals surface area contributed by atoms with Crippen molar-refractivity contribution in [1.82, 2.24) is 14.9 Å². The van der Waals surface area contributed by atoms with Crippen molar-refractivity contribution in [1.29, 1.82) is 0 Å². The van der Waals surface area contributed by atoms with Crippen LogP contribution in [0.15, 0.2) is 0 Å². The number of amides is 1. The van der Waals surface area contributed by atoms with Gasteiger partial charge in [0.25, 0.3) is 0 Å². The van der Waals surface area contributed by atoms with E-state index in [4.69, 9.17) is 0 Å². The summed E-state index contributed by atoms with van der Waals surface area (Å²) in [7, 11) is -3.34. The van der Waals surface area contributed by atoms with E-state index in [1.165, 1.54) is 0 Å². The van der Waals surface area contributed by atoms with Crippen molar-refractivity contribution < 1.29 is 13.2 Å². The summed E-state index contributed by atoms with van der Waals surface area (Å²) < 4.78 is 26.1. The standard InChI is InChI=1S/C10H19N3O3S/c14-10(13-5-1-2-6-13)8-12-17(15,16)9-3-4-11-7-9/h9,11-12H,1-8H2. The number of carbonyl (C=O) groups is 1. The van der Waals surface area contributed by atoms with Crippen molar-refractivity contribution in [3.05, 3.63) is 0 Å². The summed E-state index contributed by atoms with van der Waals surface area (Å²) in [6, 6.07) is 0. The molecule has 0 aliphatic carbocycles. The highest BCUT2D eigenvalue weighted by Gasteiger charge is 2.29. The molecule has 0 aromatic heterocycles. The van der Waals surface area contributed by atoms with Crippen molar-refractivity contribution >= 4 is 15.9 Å². The number of sulfonamides is 1. The molecular weight excluding hydrogens is 242 g/mol. The lowest BCUT2D eigenvalue weighted by molar-refractivity contribution is -0.128. The Bertz CT molecular complexity index is 370. The zero-order valence-electron chi connectivity index (χ0n) is 9.81. The fourth-order valence-corrected chi connectivity index (χ4v) is 3.58. The first kappa shape index (κ1) is 12.8. The number of likely N-dealkylation sites (tertiary alicyclic amines) is 1. The molecule has 2 aliphatic rings. The SMILES string of the molecule is O=C(CNS(=O)(=O)C1CCNC1)N1CCCC1. The van der Waals surface area contributed by atoms with Gasteiger partial charge in [0, 0.05) is 19.6 Å². The van der Waals surface area contributed by atoms with Crippen molar-refractivity contribution in [3.63, 3.8) is 0 Å². The maximum absolute atomic E-state index is 11.8. The van der Waals surface area contributed by atoms with Gasteiger partial charge in [-0.15, -0.1) is 0 Å². The molecule has 1 unspecified atom stereocenters. The Morgan fingerprint density at radius 2 is 2.06 bits per heavy atom. The van der Waals surface area contributed by atoms with E-state index in [9.17, 15) is 13.2 Å². The van der Waals surface area contributed by atoms with E-state index >= 15 is 0 Å². The monoisotopic (exact) mass is 261 g/mol. The molecule has 1 atom stereocenters. The van der Waals surface area contributed by atoms with Gasteiger partial charge in [-0.25, -0.2) is 13.1 Å². The largest absolute Gasteiger partial charge is 0.342 e. The molecule has 0 saturated carbocycles. The second-order valence-electron chi connectivity index (χ2n) is 4.57. The van der Waals surface area contributed by atoms with Crippen LogP contribution >= 0.6 is 0 Å². The van der Waals surface area contributed by atoms with E-state index in [2.05, 4.69) is 10.0 Å². The molecule has 2 N–H and O–H groups in total. The first-order valence-corrected chi connectivity index (χ1v) is 7.61. The zero-order chi connectivity index (χ0) is 12.3. The van der Waals surface area contributed by atoms with Crippen LogP contribution in [0.3, 0.4) is 0 Å². The third-order valence-corrected chi connectivity index (χ3v) is 5.16. The van der Waals surface area contributed by atoms with E-state index in [1.54, 1.807) is 4.90 Å². The maximum Gasteiger partial charge on any atom is 0.237 e. The Morgan fingerprint density at radius 3 is 2.65 bits per heavy atom. The van der Waals surface area contributed by atoms with Gasteiger partial charge in [-0.1, -0.05) is 0 Å². The number of rotatable bonds is 4. The van der Waals surface area contributed by atoms with Crippen LogP contribution in [-0.4, -0.2) is 57.2 Å². The Morgan fingerprint density at radius 1 is 1.35 bits per heavy atom. The molecular formula is C10H19N3O3S. The number of hydrogen-bond acceptors (Lipinski definition) is 4. The predicted octanol–water partition coefficient (Wildman–Crippen LogP) is -1.11. The van der Waals surface area contributed by atoms with Gasteiger partial charge in [-0.2, -0.15) is 0 Å². The summed E-state index contributed by atoms with van der Waals surface area (Å²) in [6.07, 6.45) is 2.66. The van der Waals surface area contributed by atoms with Gasteiger partial charge in [0.1, 0.15) is 0 Å². The molecule has 2 aliphatic heterocycles. The average molecular weight is 261 g/mol. The van der Waals surface area contributed by atoms with Crippen molar-refractivity contribution in [2.24, 2.45) is 0 Å². The Labute approximate surface area is 102 Å². The first-order valence-electron chi connectivity index (χ1n) is 6.06. The fourth-order valence-electron chi connectivity index (χ4n) is 2.25. The smallest absolute Gasteiger partial charge is 0.237 e. The minimum absolute atomic E-state index is 0.0984. The van der Waals surface area contributed by atoms with E-state index in [-0.39, 0.29) is 12.5 Å². The highest BCUT2D eigenvalue weighted by atomic mass is 32.2. The van der Waals surface area contributed by atoms with Crippen LogP contribution in [0.25, 0.3) is 0 Å². The van der Waals surface area contributed by atoms with Gasteiger partial charge < -0.3 is 10.2 Å². The molecule has 7 heteroatoms. The van der Waals surface area contributed by atoms with E-state index < -0.39 is 15.3 Å². The Kier molecular flexibility index (Phi) is 4.01. The van der Waals surface area contributed by atoms with E-state index in [1.807, 2.05) is 0 Å². The topological polar surface area (TPSA) is 78.5 Å². The summed E-state index contributed by atoms with van der Waals surface area (Å²) in [6.45, 7) is 2.62. The minimum atomic E-state index is -3.34. The van der Waals surface area contributed by atoms with Crippen LogP contribution in [0.1, 0.15) is 19.3 Å². The highest BCUT2D eigenvalue weighted by Crippen LogP contribution is 2.09. The quantitative estimate of drug-likeness (QED) is 0.672. The summed E-state index contributed by atoms with van der Waals surface area (Å²) in [5.74, 6) is -0.114. The number of nitrogens with one attached hydrogen (secondary N) is 2. The van der Waals surface area contributed by atoms with Crippen molar-refractivity contribution in [3.8, 4) is 0 Å². The van der Waals surface area contributed by atoms with Crippen LogP contribution in [0, 0.1) is 0 Å². The minimum Gasteiger partial charge on any atom is -0.342 e. The van der Waals surface area contributed by atoms with Gasteiger partial charge in [-0.3, -0.25) is 4.79 Å². The molecule has 0 bridgehead atoms. The van der Waals surface area contributed by atoms with Gasteiger partial charge in [0.05, 0.1) is 11.8 Å². The molecule has 98 valence electrons. The molecule has 17 heavy (non-hydrogen) atoms. The molecule has 0 aromatic carbocycles. The molecule has 1 amide bonds. The predicted molar refractivity (Wildman–Crippen MR) is 64.0 cm³/mol. The fraction of sp³-hybridized carbons (Fsp3) is 0.900. The molecule has 2 rings (SSSR count). The van der Waals surface area contributed by atoms with Crippen LogP contribution < -0.4 is 10.0 Å². The third-order valence-electron chi connectivity index (χ3n) is 3.34. The average Bonchev–Trinajstić information content (AvgIpc) is 2.97. The van der Waals surface area contributed by atoms with Crippen LogP contribution in [0.4, 0.5) is 0 Å². The Hall–Kier alpha value is -0.660. The molecule has 2 fully saturated rings. The molecule has 6 nitrogen and oxygen atoms in total. The van der Waals surface area contributed by atoms with Gasteiger partial charge >= 0.3 is 0 Å². The molecule has 0 aromatic rings. The van der Waals surface area contributed by atoms with Crippen molar-refractivity contribution in [2.45, 2.75) is 24.5 Å². The number of nitrogens with zero attached hydrogens (tertiary/aromatic N) is 1. The van der Waals surface area contributed by atoms with E-state index in [0.717, 1.165) is 32.5 Å². The first-order chi connectivity index (χ1) is 8.09. The van der Waals surface area contributed by atoms with E-state index in [0.29, 0.717) is 13.0 Å². The number of carbonyl (C=O) groups excluding carboxylic acids is 1. The Balaban J connectivity index is 1.82. The molecule has 2 saturated heterocycles. The molecule has 0 spiro atoms. The normalized spacial score (nSPS) is 25.4. The van der Waals surface area contributed by atoms with Gasteiger partial charge in [0.15, 0.2) is 0 Å². The summed E-state index contributed by atoms with van der Waals surface area (Å²) >= 11 is 0. The lowest BCUT2D eigenvalue weighted by Crippen LogP contribution is -2.42. The highest BCUT2D eigenvalue weighted by molar-refractivity contribution is 7.90. The number of hydrogen-bond donors (Lipinski definition) is 2. The van der Waals surface area contributed by atoms with Crippen molar-refractivity contribution in [2.75, 3.05) is 32.7 Å². The summed E-state index contributed by atoms with van der Waals surface area (Å²) in [5, 5.41) is 2.61.